The molecule has 2 N–H and O–H groups in total. The van der Waals surface area contributed by atoms with Gasteiger partial charge < -0.3 is 10.6 Å². The first-order chi connectivity index (χ1) is 7.75. The number of amides is 1. The van der Waals surface area contributed by atoms with E-state index in [0.29, 0.717) is 23.3 Å². The van der Waals surface area contributed by atoms with E-state index in [4.69, 9.17) is 11.6 Å². The number of anilines is 1. The summed E-state index contributed by atoms with van der Waals surface area (Å²) in [5, 5.41) is 6.46. The van der Waals surface area contributed by atoms with Gasteiger partial charge in [-0.05, 0) is 31.5 Å². The summed E-state index contributed by atoms with van der Waals surface area (Å²) in [6.45, 7) is 1.00. The zero-order chi connectivity index (χ0) is 11.4. The zero-order valence-corrected chi connectivity index (χ0v) is 9.63. The largest absolute Gasteiger partial charge is 0.313 e. The van der Waals surface area contributed by atoms with Gasteiger partial charge in [-0.25, -0.2) is 4.98 Å². The topological polar surface area (TPSA) is 54.0 Å². The van der Waals surface area contributed by atoms with Crippen molar-refractivity contribution in [3.8, 4) is 0 Å². The molecule has 2 rings (SSSR count). The summed E-state index contributed by atoms with van der Waals surface area (Å²) in [4.78, 5) is 15.7. The maximum Gasteiger partial charge on any atom is 0.227 e. The maximum absolute atomic E-state index is 11.7. The summed E-state index contributed by atoms with van der Waals surface area (Å²) in [5.41, 5.74) is 0. The van der Waals surface area contributed by atoms with E-state index in [1.165, 1.54) is 0 Å². The van der Waals surface area contributed by atoms with E-state index in [9.17, 15) is 4.79 Å². The average Bonchev–Trinajstić information content (AvgIpc) is 2.74. The molecule has 0 bridgehead atoms. The Bertz CT molecular complexity index is 377. The van der Waals surface area contributed by atoms with E-state index in [-0.39, 0.29) is 5.91 Å². The van der Waals surface area contributed by atoms with Crippen LogP contribution in [0, 0.1) is 0 Å². The van der Waals surface area contributed by atoms with Crippen molar-refractivity contribution in [2.75, 3.05) is 11.9 Å². The Labute approximate surface area is 99.4 Å². The fraction of sp³-hybridized carbons (Fsp3) is 0.455. The van der Waals surface area contributed by atoms with Crippen molar-refractivity contribution in [3.05, 3.63) is 23.4 Å². The molecule has 0 spiro atoms. The number of halogens is 1. The Hall–Kier alpha value is -1.13. The number of rotatable bonds is 3. The lowest BCUT2D eigenvalue weighted by atomic mass is 10.1. The van der Waals surface area contributed by atoms with E-state index in [1.54, 1.807) is 18.3 Å². The minimum Gasteiger partial charge on any atom is -0.313 e. The number of hydrogen-bond donors (Lipinski definition) is 2. The number of aromatic nitrogens is 1. The van der Waals surface area contributed by atoms with Crippen LogP contribution in [0.15, 0.2) is 18.3 Å². The van der Waals surface area contributed by atoms with Crippen molar-refractivity contribution in [3.63, 3.8) is 0 Å². The molecule has 1 unspecified atom stereocenters. The molecule has 1 saturated heterocycles. The van der Waals surface area contributed by atoms with Crippen LogP contribution in [0.1, 0.15) is 19.3 Å². The number of nitrogens with one attached hydrogen (secondary N) is 2. The van der Waals surface area contributed by atoms with Crippen LogP contribution >= 0.6 is 11.6 Å². The van der Waals surface area contributed by atoms with E-state index < -0.39 is 0 Å². The van der Waals surface area contributed by atoms with Gasteiger partial charge >= 0.3 is 0 Å². The highest BCUT2D eigenvalue weighted by Crippen LogP contribution is 2.18. The Kier molecular flexibility index (Phi) is 3.74. The van der Waals surface area contributed by atoms with Crippen LogP contribution in [0.5, 0.6) is 0 Å². The second kappa shape index (κ2) is 5.27. The van der Waals surface area contributed by atoms with Gasteiger partial charge in [-0.15, -0.1) is 0 Å². The molecular formula is C11H14ClN3O. The highest BCUT2D eigenvalue weighted by molar-refractivity contribution is 6.33. The first-order valence-corrected chi connectivity index (χ1v) is 5.77. The van der Waals surface area contributed by atoms with Gasteiger partial charge in [-0.3, -0.25) is 4.79 Å². The fourth-order valence-electron chi connectivity index (χ4n) is 1.82. The highest BCUT2D eigenvalue weighted by atomic mass is 35.5. The van der Waals surface area contributed by atoms with Crippen LogP contribution in [-0.4, -0.2) is 23.5 Å². The molecular weight excluding hydrogens is 226 g/mol. The number of carbonyl (C=O) groups is 1. The Morgan fingerprint density at radius 2 is 2.56 bits per heavy atom. The Balaban J connectivity index is 1.89. The number of hydrogen-bond acceptors (Lipinski definition) is 3. The van der Waals surface area contributed by atoms with Crippen LogP contribution < -0.4 is 10.6 Å². The molecule has 1 aliphatic rings. The van der Waals surface area contributed by atoms with Crippen LogP contribution in [-0.2, 0) is 4.79 Å². The molecule has 1 aliphatic heterocycles. The standard InChI is InChI=1S/C11H14ClN3O/c12-9-4-2-6-14-11(9)15-10(16)7-8-3-1-5-13-8/h2,4,6,8,13H,1,3,5,7H2,(H,14,15,16). The van der Waals surface area contributed by atoms with E-state index in [0.717, 1.165) is 19.4 Å². The fourth-order valence-corrected chi connectivity index (χ4v) is 1.98. The molecule has 1 aromatic rings. The summed E-state index contributed by atoms with van der Waals surface area (Å²) in [6, 6.07) is 3.73. The molecule has 0 radical (unpaired) electrons. The van der Waals surface area contributed by atoms with Gasteiger partial charge in [-0.2, -0.15) is 0 Å². The van der Waals surface area contributed by atoms with Gasteiger partial charge in [0.2, 0.25) is 5.91 Å². The van der Waals surface area contributed by atoms with Crippen LogP contribution in [0.2, 0.25) is 5.02 Å². The average molecular weight is 240 g/mol. The third-order valence-corrected chi connectivity index (χ3v) is 2.92. The molecule has 2 heterocycles. The SMILES string of the molecule is O=C(CC1CCCN1)Nc1ncccc1Cl. The molecule has 1 atom stereocenters. The summed E-state index contributed by atoms with van der Waals surface area (Å²) in [5.74, 6) is 0.396. The van der Waals surface area contributed by atoms with Crippen molar-refractivity contribution in [1.29, 1.82) is 0 Å². The smallest absolute Gasteiger partial charge is 0.227 e. The van der Waals surface area contributed by atoms with Gasteiger partial charge in [0.15, 0.2) is 5.82 Å². The number of nitrogens with zero attached hydrogens (tertiary/aromatic N) is 1. The number of carbonyl (C=O) groups excluding carboxylic acids is 1. The van der Waals surface area contributed by atoms with Crippen molar-refractivity contribution >= 4 is 23.3 Å². The van der Waals surface area contributed by atoms with Crippen LogP contribution in [0.25, 0.3) is 0 Å². The second-order valence-corrected chi connectivity index (χ2v) is 4.29. The lowest BCUT2D eigenvalue weighted by Gasteiger charge is -2.10. The Morgan fingerprint density at radius 1 is 1.69 bits per heavy atom. The molecule has 1 fully saturated rings. The highest BCUT2D eigenvalue weighted by Gasteiger charge is 2.18. The van der Waals surface area contributed by atoms with Gasteiger partial charge in [0.05, 0.1) is 5.02 Å². The monoisotopic (exact) mass is 239 g/mol. The molecule has 0 aliphatic carbocycles. The predicted octanol–water partition coefficient (Wildman–Crippen LogP) is 1.82. The molecule has 5 heteroatoms. The van der Waals surface area contributed by atoms with Crippen molar-refractivity contribution in [2.24, 2.45) is 0 Å². The van der Waals surface area contributed by atoms with Gasteiger partial charge in [0, 0.05) is 18.7 Å². The Morgan fingerprint density at radius 3 is 3.25 bits per heavy atom. The minimum absolute atomic E-state index is 0.0417. The normalized spacial score (nSPS) is 19.7. The predicted molar refractivity (Wildman–Crippen MR) is 63.5 cm³/mol. The molecule has 0 aromatic carbocycles. The summed E-state index contributed by atoms with van der Waals surface area (Å²) < 4.78 is 0. The molecule has 1 amide bonds. The first-order valence-electron chi connectivity index (χ1n) is 5.39. The maximum atomic E-state index is 11.7. The van der Waals surface area contributed by atoms with Gasteiger partial charge in [0.25, 0.3) is 0 Å². The zero-order valence-electron chi connectivity index (χ0n) is 8.87. The van der Waals surface area contributed by atoms with Gasteiger partial charge in [-0.1, -0.05) is 11.6 Å². The molecule has 4 nitrogen and oxygen atoms in total. The van der Waals surface area contributed by atoms with Crippen LogP contribution in [0.4, 0.5) is 5.82 Å². The molecule has 16 heavy (non-hydrogen) atoms. The van der Waals surface area contributed by atoms with Crippen molar-refractivity contribution < 1.29 is 4.79 Å². The molecule has 1 aromatic heterocycles. The third-order valence-electron chi connectivity index (χ3n) is 2.61. The molecule has 86 valence electrons. The van der Waals surface area contributed by atoms with E-state index >= 15 is 0 Å². The number of pyridine rings is 1. The summed E-state index contributed by atoms with van der Waals surface area (Å²) in [7, 11) is 0. The lowest BCUT2D eigenvalue weighted by molar-refractivity contribution is -0.116. The van der Waals surface area contributed by atoms with Crippen LogP contribution in [0.3, 0.4) is 0 Å². The lowest BCUT2D eigenvalue weighted by Crippen LogP contribution is -2.27. The first kappa shape index (κ1) is 11.4. The van der Waals surface area contributed by atoms with Crippen molar-refractivity contribution in [1.82, 2.24) is 10.3 Å². The van der Waals surface area contributed by atoms with Crippen molar-refractivity contribution in [2.45, 2.75) is 25.3 Å². The minimum atomic E-state index is -0.0417. The molecule has 0 saturated carbocycles. The summed E-state index contributed by atoms with van der Waals surface area (Å²) >= 11 is 5.89. The van der Waals surface area contributed by atoms with Gasteiger partial charge in [0.1, 0.15) is 0 Å². The van der Waals surface area contributed by atoms with E-state index in [2.05, 4.69) is 15.6 Å². The third kappa shape index (κ3) is 2.93. The quantitative estimate of drug-likeness (QED) is 0.846. The van der Waals surface area contributed by atoms with E-state index in [1.807, 2.05) is 0 Å². The summed E-state index contributed by atoms with van der Waals surface area (Å²) in [6.07, 6.45) is 4.29. The second-order valence-electron chi connectivity index (χ2n) is 3.88.